The molecular weight excluding hydrogens is 448 g/mol. The SMILES string of the molecule is C.COCc1ccc2cc(C)sc2c1.COCc1ccc2ccsc2c1.O=C=O.O=C=O. The monoisotopic (exact) mass is 474 g/mol. The highest BCUT2D eigenvalue weighted by molar-refractivity contribution is 7.19. The highest BCUT2D eigenvalue weighted by atomic mass is 32.1. The van der Waals surface area contributed by atoms with E-state index in [1.54, 1.807) is 25.6 Å². The summed E-state index contributed by atoms with van der Waals surface area (Å²) in [6, 6.07) is 17.3. The summed E-state index contributed by atoms with van der Waals surface area (Å²) in [4.78, 5) is 33.9. The Bertz CT molecular complexity index is 1120. The zero-order valence-corrected chi connectivity index (χ0v) is 19.0. The van der Waals surface area contributed by atoms with E-state index in [0.717, 1.165) is 0 Å². The molecule has 0 spiro atoms. The number of hydrogen-bond acceptors (Lipinski definition) is 8. The van der Waals surface area contributed by atoms with Crippen molar-refractivity contribution in [3.05, 3.63) is 69.9 Å². The van der Waals surface area contributed by atoms with E-state index in [0.29, 0.717) is 13.2 Å². The quantitative estimate of drug-likeness (QED) is 0.367. The van der Waals surface area contributed by atoms with Gasteiger partial charge in [-0.2, -0.15) is 19.2 Å². The fraction of sp³-hybridized carbons (Fsp3) is 0.250. The molecule has 0 aliphatic carbocycles. The van der Waals surface area contributed by atoms with Gasteiger partial charge in [0.15, 0.2) is 0 Å². The van der Waals surface area contributed by atoms with Crippen molar-refractivity contribution in [1.82, 2.24) is 0 Å². The van der Waals surface area contributed by atoms with Crippen LogP contribution >= 0.6 is 22.7 Å². The minimum Gasteiger partial charge on any atom is -0.380 e. The van der Waals surface area contributed by atoms with Gasteiger partial charge in [0.2, 0.25) is 0 Å². The third-order valence-corrected chi connectivity index (χ3v) is 5.74. The number of benzene rings is 2. The molecule has 0 aliphatic rings. The van der Waals surface area contributed by atoms with E-state index >= 15 is 0 Å². The average molecular weight is 475 g/mol. The third-order valence-electron chi connectivity index (χ3n) is 3.85. The molecule has 0 bridgehead atoms. The van der Waals surface area contributed by atoms with Crippen molar-refractivity contribution in [2.75, 3.05) is 14.2 Å². The number of hydrogen-bond donors (Lipinski definition) is 0. The molecule has 2 heterocycles. The van der Waals surface area contributed by atoms with Crippen LogP contribution in [0.1, 0.15) is 23.4 Å². The minimum absolute atomic E-state index is 0. The molecule has 2 aromatic carbocycles. The van der Waals surface area contributed by atoms with Crippen molar-refractivity contribution in [2.45, 2.75) is 27.6 Å². The molecule has 6 nitrogen and oxygen atoms in total. The van der Waals surface area contributed by atoms with Crippen molar-refractivity contribution >= 4 is 55.1 Å². The van der Waals surface area contributed by atoms with Gasteiger partial charge in [-0.1, -0.05) is 31.7 Å². The topological polar surface area (TPSA) is 86.7 Å². The lowest BCUT2D eigenvalue weighted by Crippen LogP contribution is -1.85. The molecule has 0 atom stereocenters. The molecule has 0 unspecified atom stereocenters. The Kier molecular flexibility index (Phi) is 15.2. The van der Waals surface area contributed by atoms with Crippen molar-refractivity contribution < 1.29 is 28.7 Å². The Morgan fingerprint density at radius 3 is 1.78 bits per heavy atom. The van der Waals surface area contributed by atoms with E-state index in [2.05, 4.69) is 60.8 Å². The molecule has 8 heteroatoms. The Balaban J connectivity index is 0.000000473. The van der Waals surface area contributed by atoms with Crippen LogP contribution in [0.3, 0.4) is 0 Å². The Morgan fingerprint density at radius 1 is 0.750 bits per heavy atom. The van der Waals surface area contributed by atoms with Crippen LogP contribution in [-0.4, -0.2) is 26.5 Å². The molecule has 4 rings (SSSR count). The molecule has 0 radical (unpaired) electrons. The first kappa shape index (κ1) is 29.0. The van der Waals surface area contributed by atoms with E-state index in [-0.39, 0.29) is 19.7 Å². The van der Waals surface area contributed by atoms with Crippen LogP contribution in [0.15, 0.2) is 53.9 Å². The lowest BCUT2D eigenvalue weighted by Gasteiger charge is -1.98. The van der Waals surface area contributed by atoms with E-state index in [1.165, 1.54) is 36.2 Å². The van der Waals surface area contributed by atoms with E-state index < -0.39 is 0 Å². The van der Waals surface area contributed by atoms with E-state index in [1.807, 2.05) is 11.3 Å². The van der Waals surface area contributed by atoms with Crippen molar-refractivity contribution in [1.29, 1.82) is 0 Å². The summed E-state index contributed by atoms with van der Waals surface area (Å²) in [5.41, 5.74) is 2.49. The standard InChI is InChI=1S/C11H12OS.C10H10OS.2CO2.CH4/c1-8-5-10-4-3-9(7-12-2)6-11(10)13-8;1-11-7-8-2-3-9-4-5-12-10(9)6-8;2*2-1-3;/h3-6H,7H2,1-2H3;2-6H,7H2,1H3;;;1H4. The van der Waals surface area contributed by atoms with Crippen molar-refractivity contribution in [2.24, 2.45) is 0 Å². The first-order chi connectivity index (χ1) is 15.0. The van der Waals surface area contributed by atoms with Gasteiger partial charge in [0, 0.05) is 28.5 Å². The van der Waals surface area contributed by atoms with Crippen LogP contribution in [0.2, 0.25) is 0 Å². The maximum atomic E-state index is 8.12. The third kappa shape index (κ3) is 9.90. The molecule has 0 fully saturated rings. The fourth-order valence-electron chi connectivity index (χ4n) is 2.72. The number of carbonyl (C=O) groups excluding carboxylic acids is 4. The molecule has 0 saturated carbocycles. The summed E-state index contributed by atoms with van der Waals surface area (Å²) in [6.45, 7) is 3.54. The van der Waals surface area contributed by atoms with Gasteiger partial charge in [-0.05, 0) is 58.5 Å². The molecule has 4 aromatic rings. The summed E-state index contributed by atoms with van der Waals surface area (Å²) in [5, 5.41) is 4.77. The highest BCUT2D eigenvalue weighted by Gasteiger charge is 1.99. The van der Waals surface area contributed by atoms with Crippen molar-refractivity contribution in [3.63, 3.8) is 0 Å². The average Bonchev–Trinajstić information content (AvgIpc) is 3.35. The predicted molar refractivity (Wildman–Crippen MR) is 127 cm³/mol. The summed E-state index contributed by atoms with van der Waals surface area (Å²) >= 11 is 3.61. The molecule has 0 aliphatic heterocycles. The second-order valence-electron chi connectivity index (χ2n) is 6.05. The Hall–Kier alpha value is -2.96. The van der Waals surface area contributed by atoms with Gasteiger partial charge in [0.1, 0.15) is 0 Å². The summed E-state index contributed by atoms with van der Waals surface area (Å²) in [7, 11) is 3.45. The van der Waals surface area contributed by atoms with Gasteiger partial charge >= 0.3 is 12.3 Å². The van der Waals surface area contributed by atoms with Gasteiger partial charge in [0.05, 0.1) is 13.2 Å². The van der Waals surface area contributed by atoms with Crippen LogP contribution < -0.4 is 0 Å². The lowest BCUT2D eigenvalue weighted by atomic mass is 10.2. The van der Waals surface area contributed by atoms with Crippen LogP contribution in [0.5, 0.6) is 0 Å². The first-order valence-corrected chi connectivity index (χ1v) is 10.6. The summed E-state index contributed by atoms with van der Waals surface area (Å²) in [6.07, 6.45) is 0.500. The molecule has 0 N–H and O–H groups in total. The smallest absolute Gasteiger partial charge is 0.373 e. The van der Waals surface area contributed by atoms with Crippen molar-refractivity contribution in [3.8, 4) is 0 Å². The van der Waals surface area contributed by atoms with E-state index in [9.17, 15) is 0 Å². The summed E-state index contributed by atoms with van der Waals surface area (Å²) < 4.78 is 12.8. The maximum Gasteiger partial charge on any atom is 0.373 e. The predicted octanol–water partition coefficient (Wildman–Crippen LogP) is 5.87. The van der Waals surface area contributed by atoms with Crippen LogP contribution in [-0.2, 0) is 41.9 Å². The zero-order valence-electron chi connectivity index (χ0n) is 17.4. The largest absolute Gasteiger partial charge is 0.380 e. The minimum atomic E-state index is 0. The number of ether oxygens (including phenoxy) is 2. The normalized spacial score (nSPS) is 8.97. The number of fused-ring (bicyclic) bond motifs is 2. The van der Waals surface area contributed by atoms with Crippen LogP contribution in [0.25, 0.3) is 20.2 Å². The number of aryl methyl sites for hydroxylation is 1. The van der Waals surface area contributed by atoms with Gasteiger partial charge in [-0.25, -0.2) is 0 Å². The molecule has 0 amide bonds. The maximum absolute atomic E-state index is 8.12. The van der Waals surface area contributed by atoms with Gasteiger partial charge in [-0.3, -0.25) is 0 Å². The molecule has 0 saturated heterocycles. The Labute approximate surface area is 195 Å². The fourth-order valence-corrected chi connectivity index (χ4v) is 4.56. The first-order valence-electron chi connectivity index (χ1n) is 8.94. The number of thiophene rings is 2. The van der Waals surface area contributed by atoms with Crippen LogP contribution in [0, 0.1) is 6.92 Å². The van der Waals surface area contributed by atoms with Gasteiger partial charge in [0.25, 0.3) is 0 Å². The second-order valence-corrected chi connectivity index (χ2v) is 8.29. The highest BCUT2D eigenvalue weighted by Crippen LogP contribution is 2.26. The summed E-state index contributed by atoms with van der Waals surface area (Å²) in [5.74, 6) is 0. The van der Waals surface area contributed by atoms with Crippen LogP contribution in [0.4, 0.5) is 0 Å². The molecule has 32 heavy (non-hydrogen) atoms. The Morgan fingerprint density at radius 2 is 1.25 bits per heavy atom. The molecule has 170 valence electrons. The second kappa shape index (κ2) is 16.7. The molecular formula is C24H26O6S2. The molecule has 2 aromatic heterocycles. The van der Waals surface area contributed by atoms with E-state index in [4.69, 9.17) is 28.7 Å². The lowest BCUT2D eigenvalue weighted by molar-refractivity contribution is -0.193. The zero-order chi connectivity index (χ0) is 23.1. The number of methoxy groups -OCH3 is 2. The van der Waals surface area contributed by atoms with Gasteiger partial charge < -0.3 is 9.47 Å². The number of rotatable bonds is 4. The van der Waals surface area contributed by atoms with Gasteiger partial charge in [-0.15, -0.1) is 22.7 Å².